The maximum Gasteiger partial charge on any atom is 0.269 e. The van der Waals surface area contributed by atoms with Gasteiger partial charge in [-0.3, -0.25) is 14.5 Å². The highest BCUT2D eigenvalue weighted by molar-refractivity contribution is 6.31. The van der Waals surface area contributed by atoms with Gasteiger partial charge in [-0.2, -0.15) is 5.10 Å². The fourth-order valence-electron chi connectivity index (χ4n) is 3.16. The first-order chi connectivity index (χ1) is 13.8. The first-order valence-electron chi connectivity index (χ1n) is 9.21. The van der Waals surface area contributed by atoms with E-state index in [9.17, 15) is 18.4 Å². The molecule has 10 heteroatoms. The van der Waals surface area contributed by atoms with Gasteiger partial charge in [-0.1, -0.05) is 17.7 Å². The number of piperazine rings is 1. The van der Waals surface area contributed by atoms with Gasteiger partial charge in [0.05, 0.1) is 18.4 Å². The van der Waals surface area contributed by atoms with Crippen LogP contribution in [-0.2, 0) is 11.3 Å². The van der Waals surface area contributed by atoms with Crippen LogP contribution in [0.2, 0.25) is 5.02 Å². The molecule has 29 heavy (non-hydrogen) atoms. The topological polar surface area (TPSA) is 70.5 Å². The summed E-state index contributed by atoms with van der Waals surface area (Å²) in [6.07, 6.45) is -1.20. The van der Waals surface area contributed by atoms with Crippen LogP contribution in [0.1, 0.15) is 5.56 Å². The number of benzene rings is 1. The number of rotatable bonds is 6. The van der Waals surface area contributed by atoms with Gasteiger partial charge in [0.25, 0.3) is 12.0 Å². The molecule has 0 saturated carbocycles. The van der Waals surface area contributed by atoms with Gasteiger partial charge in [-0.15, -0.1) is 0 Å². The molecule has 1 amide bonds. The molecule has 156 valence electrons. The summed E-state index contributed by atoms with van der Waals surface area (Å²) in [4.78, 5) is 28.2. The number of carbonyl (C=O) groups excluding carboxylic acids is 1. The summed E-state index contributed by atoms with van der Waals surface area (Å²) in [7, 11) is 0. The van der Waals surface area contributed by atoms with Gasteiger partial charge in [0.15, 0.2) is 0 Å². The molecule has 1 aliphatic heterocycles. The Morgan fingerprint density at radius 3 is 2.66 bits per heavy atom. The lowest BCUT2D eigenvalue weighted by Crippen LogP contribution is -2.49. The van der Waals surface area contributed by atoms with Crippen LogP contribution in [0, 0.1) is 6.92 Å². The number of nitrogens with one attached hydrogen (secondary N) is 1. The Kier molecular flexibility index (Phi) is 6.81. The highest BCUT2D eigenvalue weighted by atomic mass is 35.5. The second-order valence-corrected chi connectivity index (χ2v) is 7.26. The monoisotopic (exact) mass is 425 g/mol. The minimum Gasteiger partial charge on any atom is -0.368 e. The van der Waals surface area contributed by atoms with Crippen LogP contribution in [-0.4, -0.2) is 59.7 Å². The van der Waals surface area contributed by atoms with E-state index in [1.165, 1.54) is 12.3 Å². The zero-order chi connectivity index (χ0) is 21.0. The SMILES string of the molecule is Cc1c(Cl)cccc1NC(=O)CN1CCN(c2cnn(CC(F)F)c(=O)c2)CC1. The average molecular weight is 426 g/mol. The van der Waals surface area contributed by atoms with Crippen LogP contribution in [0.15, 0.2) is 35.3 Å². The Morgan fingerprint density at radius 1 is 1.28 bits per heavy atom. The van der Waals surface area contributed by atoms with Crippen LogP contribution in [0.3, 0.4) is 0 Å². The molecular formula is C19H22ClF2N5O2. The Labute approximate surface area is 171 Å². The van der Waals surface area contributed by atoms with E-state index in [0.717, 1.165) is 10.2 Å². The molecule has 0 unspecified atom stereocenters. The normalized spacial score (nSPS) is 15.0. The first-order valence-corrected chi connectivity index (χ1v) is 9.59. The van der Waals surface area contributed by atoms with Crippen LogP contribution in [0.5, 0.6) is 0 Å². The van der Waals surface area contributed by atoms with Gasteiger partial charge >= 0.3 is 0 Å². The van der Waals surface area contributed by atoms with Crippen molar-refractivity contribution in [1.82, 2.24) is 14.7 Å². The van der Waals surface area contributed by atoms with E-state index in [1.807, 2.05) is 16.7 Å². The summed E-state index contributed by atoms with van der Waals surface area (Å²) in [5.74, 6) is -0.125. The summed E-state index contributed by atoms with van der Waals surface area (Å²) in [6.45, 7) is 3.83. The molecular weight excluding hydrogens is 404 g/mol. The second kappa shape index (κ2) is 9.32. The molecule has 1 N–H and O–H groups in total. The third-order valence-electron chi connectivity index (χ3n) is 4.81. The summed E-state index contributed by atoms with van der Waals surface area (Å²) < 4.78 is 25.6. The van der Waals surface area contributed by atoms with Crippen LogP contribution in [0.25, 0.3) is 0 Å². The molecule has 7 nitrogen and oxygen atoms in total. The van der Waals surface area contributed by atoms with E-state index >= 15 is 0 Å². The highest BCUT2D eigenvalue weighted by Gasteiger charge is 2.20. The smallest absolute Gasteiger partial charge is 0.269 e. The molecule has 1 aromatic carbocycles. The molecule has 0 spiro atoms. The number of halogens is 3. The number of anilines is 2. The number of alkyl halides is 2. The van der Waals surface area contributed by atoms with E-state index in [1.54, 1.807) is 18.2 Å². The van der Waals surface area contributed by atoms with E-state index < -0.39 is 18.5 Å². The van der Waals surface area contributed by atoms with Gasteiger partial charge in [0, 0.05) is 43.0 Å². The van der Waals surface area contributed by atoms with Gasteiger partial charge in [-0.05, 0) is 24.6 Å². The van der Waals surface area contributed by atoms with Gasteiger partial charge in [0.2, 0.25) is 5.91 Å². The van der Waals surface area contributed by atoms with E-state index in [-0.39, 0.29) is 12.5 Å². The summed E-state index contributed by atoms with van der Waals surface area (Å²) >= 11 is 6.08. The number of aromatic nitrogens is 2. The lowest BCUT2D eigenvalue weighted by molar-refractivity contribution is -0.117. The predicted molar refractivity (Wildman–Crippen MR) is 108 cm³/mol. The molecule has 0 radical (unpaired) electrons. The van der Waals surface area contributed by atoms with Crippen molar-refractivity contribution in [1.29, 1.82) is 0 Å². The summed E-state index contributed by atoms with van der Waals surface area (Å²) in [5, 5.41) is 7.29. The van der Waals surface area contributed by atoms with Gasteiger partial charge in [0.1, 0.15) is 6.54 Å². The lowest BCUT2D eigenvalue weighted by Gasteiger charge is -2.35. The van der Waals surface area contributed by atoms with Crippen molar-refractivity contribution in [3.63, 3.8) is 0 Å². The average Bonchev–Trinajstić information content (AvgIpc) is 2.67. The van der Waals surface area contributed by atoms with Crippen molar-refractivity contribution in [3.05, 3.63) is 51.4 Å². The van der Waals surface area contributed by atoms with Crippen molar-refractivity contribution in [2.45, 2.75) is 19.9 Å². The van der Waals surface area contributed by atoms with Crippen molar-refractivity contribution in [2.75, 3.05) is 42.9 Å². The number of hydrogen-bond donors (Lipinski definition) is 1. The van der Waals surface area contributed by atoms with E-state index in [0.29, 0.717) is 42.6 Å². The number of nitrogens with zero attached hydrogens (tertiary/aromatic N) is 4. The van der Waals surface area contributed by atoms with Crippen molar-refractivity contribution >= 4 is 28.9 Å². The lowest BCUT2D eigenvalue weighted by atomic mass is 10.2. The molecule has 2 heterocycles. The van der Waals surface area contributed by atoms with E-state index in [4.69, 9.17) is 11.6 Å². The number of hydrogen-bond acceptors (Lipinski definition) is 5. The van der Waals surface area contributed by atoms with Gasteiger partial charge < -0.3 is 10.2 Å². The summed E-state index contributed by atoms with van der Waals surface area (Å²) in [5.41, 5.74) is 1.55. The third kappa shape index (κ3) is 5.51. The zero-order valence-corrected chi connectivity index (χ0v) is 16.7. The standard InChI is InChI=1S/C19H22ClF2N5O2/c1-13-15(20)3-2-4-16(13)24-18(28)12-25-5-7-26(8-6-25)14-9-19(29)27(23-10-14)11-17(21)22/h2-4,9-10,17H,5-8,11-12H2,1H3,(H,24,28). The zero-order valence-electron chi connectivity index (χ0n) is 15.9. The van der Waals surface area contributed by atoms with Gasteiger partial charge in [-0.25, -0.2) is 13.5 Å². The number of amides is 1. The molecule has 1 aromatic heterocycles. The Hall–Kier alpha value is -2.52. The molecule has 1 aliphatic rings. The first kappa shape index (κ1) is 21.2. The fraction of sp³-hybridized carbons (Fsp3) is 0.421. The molecule has 0 bridgehead atoms. The Bertz CT molecular complexity index is 929. The van der Waals surface area contributed by atoms with E-state index in [2.05, 4.69) is 10.4 Å². The molecule has 2 aromatic rings. The summed E-state index contributed by atoms with van der Waals surface area (Å²) in [6, 6.07) is 6.68. The molecule has 3 rings (SSSR count). The molecule has 1 fully saturated rings. The van der Waals surface area contributed by atoms with Crippen molar-refractivity contribution in [2.24, 2.45) is 0 Å². The maximum absolute atomic E-state index is 12.4. The van der Waals surface area contributed by atoms with Crippen molar-refractivity contribution < 1.29 is 13.6 Å². The number of carbonyl (C=O) groups is 1. The fourth-order valence-corrected chi connectivity index (χ4v) is 3.34. The minimum atomic E-state index is -2.63. The Morgan fingerprint density at radius 2 is 2.00 bits per heavy atom. The molecule has 0 atom stereocenters. The minimum absolute atomic E-state index is 0.125. The molecule has 1 saturated heterocycles. The van der Waals surface area contributed by atoms with Crippen LogP contribution < -0.4 is 15.8 Å². The predicted octanol–water partition coefficient (Wildman–Crippen LogP) is 2.23. The highest BCUT2D eigenvalue weighted by Crippen LogP contribution is 2.23. The third-order valence-corrected chi connectivity index (χ3v) is 5.22. The van der Waals surface area contributed by atoms with Crippen molar-refractivity contribution in [3.8, 4) is 0 Å². The largest absolute Gasteiger partial charge is 0.368 e. The Balaban J connectivity index is 1.52. The maximum atomic E-state index is 12.4. The molecule has 0 aliphatic carbocycles. The second-order valence-electron chi connectivity index (χ2n) is 6.85. The quantitative estimate of drug-likeness (QED) is 0.768. The van der Waals surface area contributed by atoms with Crippen LogP contribution in [0.4, 0.5) is 20.2 Å². The van der Waals surface area contributed by atoms with Crippen LogP contribution >= 0.6 is 11.6 Å².